The molecule has 2 aliphatic rings. The van der Waals surface area contributed by atoms with E-state index in [-0.39, 0.29) is 23.3 Å². The molecule has 1 saturated carbocycles. The van der Waals surface area contributed by atoms with Crippen LogP contribution in [0.5, 0.6) is 0 Å². The standard InChI is InChI=1S/C17H15FN2O3S2/c18-12-3-1-11(2-4-12)10-20-14-7-8-24-17(14)16(21)15(25(20,22)23)9-19-13-5-6-13/h1-4,7-9,13,19H,5-6,10H2. The van der Waals surface area contributed by atoms with Crippen molar-refractivity contribution in [3.05, 3.63) is 63.1 Å². The van der Waals surface area contributed by atoms with Crippen molar-refractivity contribution >= 4 is 32.8 Å². The zero-order valence-corrected chi connectivity index (χ0v) is 14.7. The largest absolute Gasteiger partial charge is 0.387 e. The second kappa shape index (κ2) is 5.96. The fourth-order valence-electron chi connectivity index (χ4n) is 2.66. The van der Waals surface area contributed by atoms with Crippen molar-refractivity contribution in [2.24, 2.45) is 0 Å². The van der Waals surface area contributed by atoms with E-state index in [4.69, 9.17) is 0 Å². The maximum Gasteiger partial charge on any atom is 0.270 e. The topological polar surface area (TPSA) is 66.5 Å². The monoisotopic (exact) mass is 378 g/mol. The summed E-state index contributed by atoms with van der Waals surface area (Å²) in [4.78, 5) is 12.8. The number of halogens is 1. The van der Waals surface area contributed by atoms with E-state index in [1.54, 1.807) is 23.6 Å². The third-order valence-corrected chi connectivity index (χ3v) is 6.85. The van der Waals surface area contributed by atoms with E-state index in [0.29, 0.717) is 16.1 Å². The molecule has 1 N–H and O–H groups in total. The molecule has 1 aromatic carbocycles. The smallest absolute Gasteiger partial charge is 0.270 e. The summed E-state index contributed by atoms with van der Waals surface area (Å²) in [6.07, 6.45) is 3.28. The van der Waals surface area contributed by atoms with Crippen molar-refractivity contribution in [3.8, 4) is 0 Å². The van der Waals surface area contributed by atoms with E-state index >= 15 is 0 Å². The second-order valence-corrected chi connectivity index (χ2v) is 8.80. The Kier molecular flexibility index (Phi) is 3.88. The molecule has 25 heavy (non-hydrogen) atoms. The van der Waals surface area contributed by atoms with Gasteiger partial charge in [0.1, 0.15) is 10.7 Å². The first-order chi connectivity index (χ1) is 12.0. The first-order valence-electron chi connectivity index (χ1n) is 7.82. The molecule has 0 saturated heterocycles. The third-order valence-electron chi connectivity index (χ3n) is 4.18. The quantitative estimate of drug-likeness (QED) is 0.831. The van der Waals surface area contributed by atoms with Gasteiger partial charge in [-0.1, -0.05) is 12.1 Å². The van der Waals surface area contributed by atoms with Crippen LogP contribution in [0.4, 0.5) is 10.1 Å². The number of Topliss-reactive ketones (excluding diaryl/α,β-unsaturated/α-hetero) is 1. The van der Waals surface area contributed by atoms with Gasteiger partial charge in [-0.05, 0) is 42.0 Å². The van der Waals surface area contributed by atoms with Crippen LogP contribution in [-0.4, -0.2) is 20.2 Å². The summed E-state index contributed by atoms with van der Waals surface area (Å²) >= 11 is 1.22. The lowest BCUT2D eigenvalue weighted by Gasteiger charge is -2.29. The van der Waals surface area contributed by atoms with Gasteiger partial charge in [-0.2, -0.15) is 0 Å². The summed E-state index contributed by atoms with van der Waals surface area (Å²) in [5.74, 6) is -0.862. The molecular formula is C17H15FN2O3S2. The van der Waals surface area contributed by atoms with Gasteiger partial charge < -0.3 is 5.32 Å². The molecule has 2 heterocycles. The number of hydrogen-bond donors (Lipinski definition) is 1. The lowest BCUT2D eigenvalue weighted by atomic mass is 10.2. The summed E-state index contributed by atoms with van der Waals surface area (Å²) in [5, 5.41) is 4.69. The van der Waals surface area contributed by atoms with Gasteiger partial charge in [-0.3, -0.25) is 9.10 Å². The van der Waals surface area contributed by atoms with Crippen molar-refractivity contribution in [1.29, 1.82) is 0 Å². The third kappa shape index (κ3) is 2.96. The van der Waals surface area contributed by atoms with Gasteiger partial charge in [0.05, 0.1) is 12.2 Å². The predicted octanol–water partition coefficient (Wildman–Crippen LogP) is 3.01. The second-order valence-electron chi connectivity index (χ2n) is 6.05. The molecule has 1 fully saturated rings. The van der Waals surface area contributed by atoms with Crippen LogP contribution in [-0.2, 0) is 16.6 Å². The molecule has 130 valence electrons. The summed E-state index contributed by atoms with van der Waals surface area (Å²) in [7, 11) is -3.98. The highest BCUT2D eigenvalue weighted by Gasteiger charge is 2.41. The number of rotatable bonds is 4. The van der Waals surface area contributed by atoms with Crippen molar-refractivity contribution in [2.45, 2.75) is 25.4 Å². The van der Waals surface area contributed by atoms with E-state index in [1.165, 1.54) is 34.0 Å². The van der Waals surface area contributed by atoms with Crippen molar-refractivity contribution in [2.75, 3.05) is 4.31 Å². The SMILES string of the molecule is O=C1C(=CNC2CC2)S(=O)(=O)N(Cc2ccc(F)cc2)c2ccsc21. The van der Waals surface area contributed by atoms with E-state index < -0.39 is 15.8 Å². The Bertz CT molecular complexity index is 960. The Hall–Kier alpha value is -2.19. The lowest BCUT2D eigenvalue weighted by Crippen LogP contribution is -2.38. The number of allylic oxidation sites excluding steroid dienone is 1. The molecule has 8 heteroatoms. The number of anilines is 1. The highest BCUT2D eigenvalue weighted by Crippen LogP contribution is 2.39. The van der Waals surface area contributed by atoms with Gasteiger partial charge in [-0.15, -0.1) is 11.3 Å². The Morgan fingerprint density at radius 2 is 1.96 bits per heavy atom. The molecule has 0 spiro atoms. The number of sulfonamides is 1. The van der Waals surface area contributed by atoms with Gasteiger partial charge in [0, 0.05) is 12.2 Å². The van der Waals surface area contributed by atoms with Crippen LogP contribution < -0.4 is 9.62 Å². The number of carbonyl (C=O) groups excluding carboxylic acids is 1. The average molecular weight is 378 g/mol. The summed E-state index contributed by atoms with van der Waals surface area (Å²) < 4.78 is 40.4. The molecule has 2 aromatic rings. The van der Waals surface area contributed by atoms with Crippen LogP contribution in [0.3, 0.4) is 0 Å². The van der Waals surface area contributed by atoms with E-state index in [2.05, 4.69) is 5.32 Å². The van der Waals surface area contributed by atoms with Crippen LogP contribution in [0, 0.1) is 5.82 Å². The van der Waals surface area contributed by atoms with Crippen molar-refractivity contribution < 1.29 is 17.6 Å². The molecule has 0 amide bonds. The highest BCUT2D eigenvalue weighted by molar-refractivity contribution is 7.97. The minimum Gasteiger partial charge on any atom is -0.387 e. The first-order valence-corrected chi connectivity index (χ1v) is 10.1. The molecule has 0 radical (unpaired) electrons. The highest BCUT2D eigenvalue weighted by atomic mass is 32.2. The number of benzene rings is 1. The zero-order valence-electron chi connectivity index (χ0n) is 13.1. The van der Waals surface area contributed by atoms with Gasteiger partial charge >= 0.3 is 0 Å². The van der Waals surface area contributed by atoms with E-state index in [0.717, 1.165) is 12.8 Å². The summed E-state index contributed by atoms with van der Waals surface area (Å²) in [6, 6.07) is 7.53. The van der Waals surface area contributed by atoms with Crippen LogP contribution in [0.25, 0.3) is 0 Å². The van der Waals surface area contributed by atoms with Crippen molar-refractivity contribution in [3.63, 3.8) is 0 Å². The Morgan fingerprint density at radius 3 is 2.64 bits per heavy atom. The summed E-state index contributed by atoms with van der Waals surface area (Å²) in [5.41, 5.74) is 1.02. The molecule has 0 atom stereocenters. The number of carbonyl (C=O) groups is 1. The zero-order chi connectivity index (χ0) is 17.6. The Morgan fingerprint density at radius 1 is 1.24 bits per heavy atom. The number of ketones is 1. The minimum atomic E-state index is -3.98. The van der Waals surface area contributed by atoms with Crippen LogP contribution in [0.2, 0.25) is 0 Å². The van der Waals surface area contributed by atoms with Crippen LogP contribution in [0.1, 0.15) is 28.1 Å². The first kappa shape index (κ1) is 16.3. The molecule has 0 bridgehead atoms. The number of fused-ring (bicyclic) bond motifs is 1. The summed E-state index contributed by atoms with van der Waals surface area (Å²) in [6.45, 7) is 0.0421. The molecule has 4 rings (SSSR count). The maximum atomic E-state index is 13.1. The number of thiophene rings is 1. The maximum absolute atomic E-state index is 13.1. The number of nitrogens with one attached hydrogen (secondary N) is 1. The number of nitrogens with zero attached hydrogens (tertiary/aromatic N) is 1. The van der Waals surface area contributed by atoms with Crippen LogP contribution in [0.15, 0.2) is 46.8 Å². The fourth-order valence-corrected chi connectivity index (χ4v) is 5.15. The minimum absolute atomic E-state index is 0.0421. The molecule has 1 aromatic heterocycles. The van der Waals surface area contributed by atoms with Crippen molar-refractivity contribution in [1.82, 2.24) is 5.32 Å². The normalized spacial score (nSPS) is 20.6. The fraction of sp³-hybridized carbons (Fsp3) is 0.235. The van der Waals surface area contributed by atoms with Gasteiger partial charge in [0.2, 0.25) is 5.78 Å². The predicted molar refractivity (Wildman–Crippen MR) is 94.4 cm³/mol. The van der Waals surface area contributed by atoms with E-state index in [9.17, 15) is 17.6 Å². The van der Waals surface area contributed by atoms with Gasteiger partial charge in [0.25, 0.3) is 10.0 Å². The van der Waals surface area contributed by atoms with E-state index in [1.807, 2.05) is 0 Å². The molecule has 1 aliphatic heterocycles. The lowest BCUT2D eigenvalue weighted by molar-refractivity contribution is 0.104. The average Bonchev–Trinajstić information content (AvgIpc) is 3.27. The Labute approximate surface area is 148 Å². The number of hydrogen-bond acceptors (Lipinski definition) is 5. The van der Waals surface area contributed by atoms with Gasteiger partial charge in [-0.25, -0.2) is 12.8 Å². The molecule has 1 aliphatic carbocycles. The van der Waals surface area contributed by atoms with Crippen LogP contribution >= 0.6 is 11.3 Å². The molecule has 0 unspecified atom stereocenters. The molecular weight excluding hydrogens is 363 g/mol. The molecule has 5 nitrogen and oxygen atoms in total. The van der Waals surface area contributed by atoms with Gasteiger partial charge in [0.15, 0.2) is 4.91 Å². The Balaban J connectivity index is 1.76.